The van der Waals surface area contributed by atoms with Gasteiger partial charge in [0.1, 0.15) is 23.6 Å². The van der Waals surface area contributed by atoms with Crippen molar-refractivity contribution in [3.8, 4) is 0 Å². The Bertz CT molecular complexity index is 2400. The molecule has 3 aliphatic heterocycles. The van der Waals surface area contributed by atoms with Gasteiger partial charge in [-0.25, -0.2) is 19.9 Å². The third kappa shape index (κ3) is 6.35. The number of piperazine rings is 1. The SMILES string of the molecule is Cc1cccc(C(=O)NC2CC(n3cnc4c(NCc5ccc(N6CCN(c7cccc8c7C(=O)N(C7CCC(=O)NC7=O)C8=O)CC6)cc5)ncnc43)C2)n1. The Kier molecular flexibility index (Phi) is 8.86. The minimum absolute atomic E-state index is 0.0562. The maximum atomic E-state index is 13.6. The molecule has 5 aromatic rings. The van der Waals surface area contributed by atoms with Gasteiger partial charge >= 0.3 is 0 Å². The Morgan fingerprint density at radius 2 is 1.64 bits per heavy atom. The molecule has 3 fully saturated rings. The molecule has 3 N–H and O–H groups in total. The Labute approximate surface area is 321 Å². The normalized spacial score (nSPS) is 20.9. The highest BCUT2D eigenvalue weighted by atomic mass is 16.2. The number of piperidine rings is 1. The quantitative estimate of drug-likeness (QED) is 0.187. The highest BCUT2D eigenvalue weighted by molar-refractivity contribution is 6.25. The second-order valence-corrected chi connectivity index (χ2v) is 14.6. The summed E-state index contributed by atoms with van der Waals surface area (Å²) in [6.45, 7) is 5.10. The molecule has 284 valence electrons. The molecule has 4 aliphatic rings. The van der Waals surface area contributed by atoms with E-state index in [1.807, 2.05) is 25.1 Å². The molecule has 5 amide bonds. The van der Waals surface area contributed by atoms with Gasteiger partial charge in [-0.05, 0) is 68.1 Å². The fourth-order valence-corrected chi connectivity index (χ4v) is 8.09. The zero-order valence-electron chi connectivity index (χ0n) is 30.6. The third-order valence-electron chi connectivity index (χ3n) is 11.1. The molecule has 1 unspecified atom stereocenters. The Hall–Kier alpha value is -6.71. The number of nitrogens with zero attached hydrogens (tertiary/aromatic N) is 8. The smallest absolute Gasteiger partial charge is 0.270 e. The average Bonchev–Trinajstić information content (AvgIpc) is 3.73. The molecular weight excluding hydrogens is 715 g/mol. The van der Waals surface area contributed by atoms with Crippen LogP contribution in [0, 0.1) is 6.92 Å². The van der Waals surface area contributed by atoms with Crippen molar-refractivity contribution < 1.29 is 24.0 Å². The lowest BCUT2D eigenvalue weighted by molar-refractivity contribution is -0.136. The summed E-state index contributed by atoms with van der Waals surface area (Å²) in [5.41, 5.74) is 6.09. The topological polar surface area (TPSA) is 188 Å². The van der Waals surface area contributed by atoms with Gasteiger partial charge in [-0.2, -0.15) is 0 Å². The van der Waals surface area contributed by atoms with E-state index < -0.39 is 29.7 Å². The second-order valence-electron chi connectivity index (χ2n) is 14.6. The molecule has 1 saturated carbocycles. The van der Waals surface area contributed by atoms with Crippen LogP contribution in [0.25, 0.3) is 11.2 Å². The van der Waals surface area contributed by atoms with Crippen molar-refractivity contribution in [3.63, 3.8) is 0 Å². The lowest BCUT2D eigenvalue weighted by Crippen LogP contribution is -2.54. The van der Waals surface area contributed by atoms with Gasteiger partial charge in [-0.1, -0.05) is 24.3 Å². The molecule has 0 spiro atoms. The number of pyridine rings is 1. The molecule has 9 rings (SSSR count). The number of hydrogen-bond donors (Lipinski definition) is 3. The molecule has 0 bridgehead atoms. The molecule has 2 saturated heterocycles. The number of hydrogen-bond acceptors (Lipinski definition) is 12. The number of aromatic nitrogens is 5. The lowest BCUT2D eigenvalue weighted by atomic mass is 9.86. The number of imide groups is 2. The van der Waals surface area contributed by atoms with Crippen LogP contribution in [0.2, 0.25) is 0 Å². The van der Waals surface area contributed by atoms with Crippen molar-refractivity contribution in [1.29, 1.82) is 0 Å². The van der Waals surface area contributed by atoms with Gasteiger partial charge in [0.15, 0.2) is 11.5 Å². The number of anilines is 3. The molecule has 16 heteroatoms. The molecule has 6 heterocycles. The first-order valence-corrected chi connectivity index (χ1v) is 18.8. The number of rotatable bonds is 9. The maximum Gasteiger partial charge on any atom is 0.270 e. The van der Waals surface area contributed by atoms with Crippen LogP contribution >= 0.6 is 0 Å². The summed E-state index contributed by atoms with van der Waals surface area (Å²) >= 11 is 0. The largest absolute Gasteiger partial charge is 0.368 e. The van der Waals surface area contributed by atoms with Crippen molar-refractivity contribution in [3.05, 3.63) is 101 Å². The zero-order chi connectivity index (χ0) is 38.5. The van der Waals surface area contributed by atoms with Crippen LogP contribution in [0.3, 0.4) is 0 Å². The fourth-order valence-electron chi connectivity index (χ4n) is 8.09. The molecular formula is C40H39N11O5. The van der Waals surface area contributed by atoms with Crippen molar-refractivity contribution in [2.75, 3.05) is 41.3 Å². The number of carbonyl (C=O) groups excluding carboxylic acids is 5. The summed E-state index contributed by atoms with van der Waals surface area (Å²) in [7, 11) is 0. The molecule has 56 heavy (non-hydrogen) atoms. The standard InChI is InChI=1S/C40H39N11O5/c1-23-4-2-6-29(45-23)37(53)46-25-18-27(19-25)50-22-44-34-35(42-21-43-36(34)50)41-20-24-8-10-26(11-9-24)48-14-16-49(17-15-48)30-7-3-5-28-33(30)40(56)51(39(28)55)31-12-13-32(52)47-38(31)54/h2-11,21-22,25,27,31H,12-20H2,1H3,(H,46,53)(H,41,42,43)(H,47,52,54). The number of fused-ring (bicyclic) bond motifs is 2. The fraction of sp³-hybridized carbons (Fsp3) is 0.325. The van der Waals surface area contributed by atoms with Gasteiger partial charge < -0.3 is 25.0 Å². The molecule has 0 radical (unpaired) electrons. The number of amides is 5. The average molecular weight is 754 g/mol. The van der Waals surface area contributed by atoms with E-state index in [0.29, 0.717) is 61.0 Å². The summed E-state index contributed by atoms with van der Waals surface area (Å²) in [5.74, 6) is -1.53. The van der Waals surface area contributed by atoms with E-state index in [4.69, 9.17) is 0 Å². The summed E-state index contributed by atoms with van der Waals surface area (Å²) in [6.07, 6.45) is 5.08. The van der Waals surface area contributed by atoms with Gasteiger partial charge in [0, 0.05) is 62.6 Å². The van der Waals surface area contributed by atoms with E-state index in [2.05, 4.69) is 74.5 Å². The third-order valence-corrected chi connectivity index (χ3v) is 11.1. The predicted molar refractivity (Wildman–Crippen MR) is 205 cm³/mol. The van der Waals surface area contributed by atoms with Gasteiger partial charge in [0.2, 0.25) is 11.8 Å². The van der Waals surface area contributed by atoms with Gasteiger partial charge in [0.25, 0.3) is 17.7 Å². The monoisotopic (exact) mass is 753 g/mol. The molecule has 3 aromatic heterocycles. The number of nitrogens with one attached hydrogen (secondary N) is 3. The van der Waals surface area contributed by atoms with E-state index in [0.717, 1.165) is 40.3 Å². The summed E-state index contributed by atoms with van der Waals surface area (Å²) < 4.78 is 2.06. The molecule has 1 aliphatic carbocycles. The van der Waals surface area contributed by atoms with Crippen molar-refractivity contribution in [2.24, 2.45) is 0 Å². The van der Waals surface area contributed by atoms with E-state index in [1.165, 1.54) is 0 Å². The number of aryl methyl sites for hydroxylation is 1. The maximum absolute atomic E-state index is 13.6. The predicted octanol–water partition coefficient (Wildman–Crippen LogP) is 3.00. The van der Waals surface area contributed by atoms with Gasteiger partial charge in [0.05, 0.1) is 23.1 Å². The number of carbonyl (C=O) groups is 5. The van der Waals surface area contributed by atoms with E-state index in [9.17, 15) is 24.0 Å². The lowest BCUT2D eigenvalue weighted by Gasteiger charge is -2.38. The van der Waals surface area contributed by atoms with E-state index in [1.54, 1.807) is 30.9 Å². The minimum Gasteiger partial charge on any atom is -0.368 e. The molecule has 1 atom stereocenters. The van der Waals surface area contributed by atoms with Crippen LogP contribution in [-0.4, -0.2) is 97.2 Å². The number of imidazole rings is 1. The van der Waals surface area contributed by atoms with Crippen LogP contribution in [0.1, 0.15) is 74.2 Å². The highest BCUT2D eigenvalue weighted by Crippen LogP contribution is 2.36. The highest BCUT2D eigenvalue weighted by Gasteiger charge is 2.46. The van der Waals surface area contributed by atoms with E-state index >= 15 is 0 Å². The van der Waals surface area contributed by atoms with Crippen LogP contribution in [0.15, 0.2) is 73.3 Å². The van der Waals surface area contributed by atoms with E-state index in [-0.39, 0.29) is 36.4 Å². The van der Waals surface area contributed by atoms with Crippen molar-refractivity contribution >= 4 is 57.9 Å². The summed E-state index contributed by atoms with van der Waals surface area (Å²) in [4.78, 5) is 87.2. The molecule has 16 nitrogen and oxygen atoms in total. The van der Waals surface area contributed by atoms with Gasteiger partial charge in [-0.3, -0.25) is 34.2 Å². The Morgan fingerprint density at radius 3 is 2.41 bits per heavy atom. The van der Waals surface area contributed by atoms with Crippen LogP contribution in [0.5, 0.6) is 0 Å². The zero-order valence-corrected chi connectivity index (χ0v) is 30.6. The first-order chi connectivity index (χ1) is 27.2. The summed E-state index contributed by atoms with van der Waals surface area (Å²) in [6, 6.07) is 18.2. The number of benzene rings is 2. The summed E-state index contributed by atoms with van der Waals surface area (Å²) in [5, 5.41) is 8.76. The van der Waals surface area contributed by atoms with Crippen LogP contribution in [0.4, 0.5) is 17.2 Å². The molecule has 2 aromatic carbocycles. The Balaban J connectivity index is 0.792. The first-order valence-electron chi connectivity index (χ1n) is 18.8. The van der Waals surface area contributed by atoms with Crippen LogP contribution < -0.4 is 25.8 Å². The van der Waals surface area contributed by atoms with Crippen molar-refractivity contribution in [2.45, 2.75) is 57.3 Å². The second kappa shape index (κ2) is 14.2. The minimum atomic E-state index is -1.000. The Morgan fingerprint density at radius 1 is 0.875 bits per heavy atom. The first kappa shape index (κ1) is 35.0. The van der Waals surface area contributed by atoms with Gasteiger partial charge in [-0.15, -0.1) is 0 Å². The van der Waals surface area contributed by atoms with Crippen LogP contribution in [-0.2, 0) is 16.1 Å². The van der Waals surface area contributed by atoms with Crippen molar-refractivity contribution in [1.82, 2.24) is 40.0 Å².